The van der Waals surface area contributed by atoms with E-state index in [2.05, 4.69) is 11.9 Å². The van der Waals surface area contributed by atoms with E-state index < -0.39 is 5.91 Å². The Hall–Kier alpha value is -3.21. The van der Waals surface area contributed by atoms with E-state index in [4.69, 9.17) is 0 Å². The molecular weight excluding hydrogens is 328 g/mol. The van der Waals surface area contributed by atoms with Crippen LogP contribution in [0.15, 0.2) is 49.1 Å². The van der Waals surface area contributed by atoms with Crippen molar-refractivity contribution in [1.82, 2.24) is 4.90 Å². The number of fused-ring (bicyclic) bond motifs is 1. The molecule has 1 heterocycles. The molecule has 1 aliphatic rings. The molecular formula is C21H20N2O3. The highest BCUT2D eigenvalue weighted by atomic mass is 16.2. The molecule has 0 radical (unpaired) electrons. The average Bonchev–Trinajstić information content (AvgIpc) is 2.88. The van der Waals surface area contributed by atoms with Gasteiger partial charge in [0.25, 0.3) is 17.7 Å². The van der Waals surface area contributed by atoms with Gasteiger partial charge in [-0.05, 0) is 42.7 Å². The number of hydrogen-bond acceptors (Lipinski definition) is 3. The lowest BCUT2D eigenvalue weighted by Crippen LogP contribution is -2.29. The summed E-state index contributed by atoms with van der Waals surface area (Å²) in [5.74, 6) is -1.06. The van der Waals surface area contributed by atoms with E-state index in [1.54, 1.807) is 6.07 Å². The van der Waals surface area contributed by atoms with E-state index in [9.17, 15) is 14.4 Å². The van der Waals surface area contributed by atoms with Crippen LogP contribution in [0.25, 0.3) is 0 Å². The van der Waals surface area contributed by atoms with Gasteiger partial charge in [-0.2, -0.15) is 0 Å². The Morgan fingerprint density at radius 2 is 1.88 bits per heavy atom. The lowest BCUT2D eigenvalue weighted by molar-refractivity contribution is 0.0672. The third-order valence-corrected chi connectivity index (χ3v) is 4.52. The quantitative estimate of drug-likeness (QED) is 0.663. The molecule has 2 aromatic rings. The Morgan fingerprint density at radius 3 is 2.58 bits per heavy atom. The summed E-state index contributed by atoms with van der Waals surface area (Å²) in [6.07, 6.45) is 2.30. The third kappa shape index (κ3) is 2.92. The first kappa shape index (κ1) is 17.6. The number of nitrogens with zero attached hydrogens (tertiary/aromatic N) is 1. The Bertz CT molecular complexity index is 931. The Balaban J connectivity index is 1.91. The maximum Gasteiger partial charge on any atom is 0.261 e. The second kappa shape index (κ2) is 6.96. The van der Waals surface area contributed by atoms with Crippen LogP contribution in [-0.4, -0.2) is 29.2 Å². The van der Waals surface area contributed by atoms with Crippen LogP contribution in [0.2, 0.25) is 0 Å². The van der Waals surface area contributed by atoms with Crippen LogP contribution < -0.4 is 5.32 Å². The zero-order valence-electron chi connectivity index (χ0n) is 14.8. The topological polar surface area (TPSA) is 66.5 Å². The van der Waals surface area contributed by atoms with Gasteiger partial charge < -0.3 is 5.32 Å². The number of anilines is 1. The van der Waals surface area contributed by atoms with Crippen LogP contribution >= 0.6 is 0 Å². The summed E-state index contributed by atoms with van der Waals surface area (Å²) >= 11 is 0. The Morgan fingerprint density at radius 1 is 1.15 bits per heavy atom. The normalized spacial score (nSPS) is 12.9. The lowest BCUT2D eigenvalue weighted by atomic mass is 10.0. The number of para-hydroxylation sites is 1. The van der Waals surface area contributed by atoms with E-state index in [0.717, 1.165) is 28.1 Å². The van der Waals surface area contributed by atoms with Crippen molar-refractivity contribution in [2.24, 2.45) is 0 Å². The number of imide groups is 1. The van der Waals surface area contributed by atoms with Gasteiger partial charge in [0.1, 0.15) is 0 Å². The van der Waals surface area contributed by atoms with Crippen molar-refractivity contribution in [3.05, 3.63) is 76.9 Å². The molecule has 0 saturated heterocycles. The zero-order valence-corrected chi connectivity index (χ0v) is 14.8. The Labute approximate surface area is 152 Å². The molecule has 0 aromatic heterocycles. The largest absolute Gasteiger partial charge is 0.321 e. The molecule has 0 unspecified atom stereocenters. The smallest absolute Gasteiger partial charge is 0.261 e. The molecule has 3 rings (SSSR count). The number of carbonyl (C=O) groups excluding carboxylic acids is 3. The third-order valence-electron chi connectivity index (χ3n) is 4.52. The molecule has 1 aliphatic heterocycles. The number of amides is 3. The second-order valence-electron chi connectivity index (χ2n) is 6.19. The number of benzene rings is 2. The van der Waals surface area contributed by atoms with Gasteiger partial charge in [-0.1, -0.05) is 31.2 Å². The number of hydrogen-bond donors (Lipinski definition) is 1. The molecule has 5 nitrogen and oxygen atoms in total. The summed E-state index contributed by atoms with van der Waals surface area (Å²) in [6.45, 7) is 7.68. The molecule has 0 fully saturated rings. The standard InChI is InChI=1S/C21H20N2O3/c1-4-11-23-20(25)16-10-9-15(12-17(16)21(23)26)19(24)22-18-13(3)7-6-8-14(18)5-2/h4,6-10,12H,1,5,11H2,2-3H3,(H,22,24). The van der Waals surface area contributed by atoms with Crippen LogP contribution in [0.3, 0.4) is 0 Å². The fraction of sp³-hybridized carbons (Fsp3) is 0.190. The molecule has 0 bridgehead atoms. The maximum atomic E-state index is 12.7. The van der Waals surface area contributed by atoms with Crippen LogP contribution in [0.5, 0.6) is 0 Å². The van der Waals surface area contributed by atoms with E-state index in [0.29, 0.717) is 11.1 Å². The summed E-state index contributed by atoms with van der Waals surface area (Å²) in [5, 5.41) is 2.93. The first-order valence-electron chi connectivity index (χ1n) is 8.49. The number of rotatable bonds is 5. The molecule has 0 spiro atoms. The predicted octanol–water partition coefficient (Wildman–Crippen LogP) is 3.59. The van der Waals surface area contributed by atoms with E-state index >= 15 is 0 Å². The second-order valence-corrected chi connectivity index (χ2v) is 6.19. The summed E-state index contributed by atoms with van der Waals surface area (Å²) in [6, 6.07) is 10.5. The minimum atomic E-state index is -0.398. The van der Waals surface area contributed by atoms with Crippen molar-refractivity contribution in [1.29, 1.82) is 0 Å². The molecule has 0 aliphatic carbocycles. The van der Waals surface area contributed by atoms with Gasteiger partial charge in [0.2, 0.25) is 0 Å². The van der Waals surface area contributed by atoms with Gasteiger partial charge in [0, 0.05) is 17.8 Å². The molecule has 132 valence electrons. The molecule has 26 heavy (non-hydrogen) atoms. The van der Waals surface area contributed by atoms with Gasteiger partial charge in [-0.15, -0.1) is 6.58 Å². The Kier molecular flexibility index (Phi) is 4.71. The highest BCUT2D eigenvalue weighted by Crippen LogP contribution is 2.26. The van der Waals surface area contributed by atoms with Crippen molar-refractivity contribution in [3.63, 3.8) is 0 Å². The highest BCUT2D eigenvalue weighted by molar-refractivity contribution is 6.22. The molecule has 0 atom stereocenters. The highest BCUT2D eigenvalue weighted by Gasteiger charge is 2.35. The summed E-state index contributed by atoms with van der Waals surface area (Å²) < 4.78 is 0. The van der Waals surface area contributed by atoms with Gasteiger partial charge in [0.05, 0.1) is 11.1 Å². The number of nitrogens with one attached hydrogen (secondary N) is 1. The van der Waals surface area contributed by atoms with Gasteiger partial charge in [0.15, 0.2) is 0 Å². The fourth-order valence-corrected chi connectivity index (χ4v) is 3.11. The van der Waals surface area contributed by atoms with Crippen molar-refractivity contribution in [3.8, 4) is 0 Å². The zero-order chi connectivity index (χ0) is 18.8. The van der Waals surface area contributed by atoms with E-state index in [1.165, 1.54) is 18.2 Å². The first-order valence-corrected chi connectivity index (χ1v) is 8.49. The molecule has 1 N–H and O–H groups in total. The monoisotopic (exact) mass is 348 g/mol. The number of carbonyl (C=O) groups is 3. The van der Waals surface area contributed by atoms with Crippen LogP contribution in [0.4, 0.5) is 5.69 Å². The fourth-order valence-electron chi connectivity index (χ4n) is 3.11. The molecule has 3 amide bonds. The number of aryl methyl sites for hydroxylation is 2. The minimum Gasteiger partial charge on any atom is -0.321 e. The van der Waals surface area contributed by atoms with Gasteiger partial charge >= 0.3 is 0 Å². The molecule has 2 aromatic carbocycles. The molecule has 0 saturated carbocycles. The molecule has 5 heteroatoms. The van der Waals surface area contributed by atoms with Crippen LogP contribution in [-0.2, 0) is 6.42 Å². The SMILES string of the molecule is C=CCN1C(=O)c2ccc(C(=O)Nc3c(C)cccc3CC)cc2C1=O. The summed E-state index contributed by atoms with van der Waals surface area (Å²) in [4.78, 5) is 38.5. The summed E-state index contributed by atoms with van der Waals surface area (Å²) in [5.41, 5.74) is 3.72. The van der Waals surface area contributed by atoms with Crippen LogP contribution in [0, 0.1) is 6.92 Å². The average molecular weight is 348 g/mol. The minimum absolute atomic E-state index is 0.150. The maximum absolute atomic E-state index is 12.7. The predicted molar refractivity (Wildman–Crippen MR) is 101 cm³/mol. The summed E-state index contributed by atoms with van der Waals surface area (Å²) in [7, 11) is 0. The van der Waals surface area contributed by atoms with Crippen molar-refractivity contribution in [2.75, 3.05) is 11.9 Å². The van der Waals surface area contributed by atoms with Crippen molar-refractivity contribution < 1.29 is 14.4 Å². The van der Waals surface area contributed by atoms with Gasteiger partial charge in [-0.3, -0.25) is 19.3 Å². The van der Waals surface area contributed by atoms with E-state index in [-0.39, 0.29) is 23.9 Å². The van der Waals surface area contributed by atoms with Crippen LogP contribution in [0.1, 0.15) is 49.1 Å². The van der Waals surface area contributed by atoms with Crippen molar-refractivity contribution in [2.45, 2.75) is 20.3 Å². The first-order chi connectivity index (χ1) is 12.5. The van der Waals surface area contributed by atoms with Crippen molar-refractivity contribution >= 4 is 23.4 Å². The van der Waals surface area contributed by atoms with Gasteiger partial charge in [-0.25, -0.2) is 0 Å². The lowest BCUT2D eigenvalue weighted by Gasteiger charge is -2.13. The van der Waals surface area contributed by atoms with E-state index in [1.807, 2.05) is 32.0 Å².